The number of hydrogen-bond donors (Lipinski definition) is 0. The van der Waals surface area contributed by atoms with E-state index in [2.05, 4.69) is 12.2 Å². The molecule has 0 saturated heterocycles. The number of rotatable bonds is 4. The molecule has 0 amide bonds. The normalized spacial score (nSPS) is 28.2. The third kappa shape index (κ3) is 2.40. The van der Waals surface area contributed by atoms with Crippen molar-refractivity contribution in [3.63, 3.8) is 0 Å². The second-order valence-electron chi connectivity index (χ2n) is 6.78. The molecule has 3 nitrogen and oxygen atoms in total. The van der Waals surface area contributed by atoms with Crippen molar-refractivity contribution in [2.75, 3.05) is 6.79 Å². The van der Waals surface area contributed by atoms with E-state index in [0.29, 0.717) is 11.8 Å². The van der Waals surface area contributed by atoms with Crippen LogP contribution in [-0.4, -0.2) is 12.8 Å². The van der Waals surface area contributed by atoms with Crippen LogP contribution in [0.4, 0.5) is 0 Å². The molecule has 0 radical (unpaired) electrons. The summed E-state index contributed by atoms with van der Waals surface area (Å²) in [4.78, 5) is 12.5. The Kier molecular flexibility index (Phi) is 3.37. The van der Waals surface area contributed by atoms with E-state index in [4.69, 9.17) is 9.47 Å². The Labute approximate surface area is 135 Å². The molecule has 3 unspecified atom stereocenters. The Hall–Kier alpha value is -2.29. The molecule has 23 heavy (non-hydrogen) atoms. The van der Waals surface area contributed by atoms with Gasteiger partial charge in [-0.2, -0.15) is 0 Å². The number of ether oxygens (including phenoxy) is 2. The first kappa shape index (κ1) is 14.3. The topological polar surface area (TPSA) is 35.5 Å². The maximum atomic E-state index is 12.5. The van der Waals surface area contributed by atoms with E-state index in [9.17, 15) is 4.79 Å². The Morgan fingerprint density at radius 1 is 1.17 bits per heavy atom. The quantitative estimate of drug-likeness (QED) is 0.479. The molecular weight excluding hydrogens is 288 g/mol. The van der Waals surface area contributed by atoms with Crippen LogP contribution in [0.15, 0.2) is 54.6 Å². The lowest BCUT2D eigenvalue weighted by molar-refractivity contribution is -0.163. The van der Waals surface area contributed by atoms with E-state index >= 15 is 0 Å². The van der Waals surface area contributed by atoms with Crippen molar-refractivity contribution < 1.29 is 14.3 Å². The van der Waals surface area contributed by atoms with Gasteiger partial charge in [0.05, 0.1) is 5.41 Å². The fraction of sp³-hybridized carbons (Fsp3) is 0.350. The molecule has 2 aliphatic carbocycles. The molecule has 1 fully saturated rings. The summed E-state index contributed by atoms with van der Waals surface area (Å²) in [5.74, 6) is 1.46. The van der Waals surface area contributed by atoms with Crippen molar-refractivity contribution in [3.8, 4) is 5.75 Å². The molecule has 2 bridgehead atoms. The average Bonchev–Trinajstić information content (AvgIpc) is 3.16. The molecular formula is C20H20O3. The zero-order valence-corrected chi connectivity index (χ0v) is 13.2. The lowest BCUT2D eigenvalue weighted by Gasteiger charge is -2.28. The Bertz CT molecular complexity index is 774. The van der Waals surface area contributed by atoms with Gasteiger partial charge in [0, 0.05) is 5.39 Å². The lowest BCUT2D eigenvalue weighted by atomic mass is 9.78. The molecule has 3 atom stereocenters. The zero-order valence-electron chi connectivity index (χ0n) is 13.2. The highest BCUT2D eigenvalue weighted by Crippen LogP contribution is 2.52. The molecule has 0 aromatic heterocycles. The molecule has 0 spiro atoms. The van der Waals surface area contributed by atoms with Gasteiger partial charge in [-0.25, -0.2) is 0 Å². The van der Waals surface area contributed by atoms with E-state index in [0.717, 1.165) is 29.4 Å². The summed E-state index contributed by atoms with van der Waals surface area (Å²) in [7, 11) is 0. The smallest absolute Gasteiger partial charge is 0.315 e. The first-order chi connectivity index (χ1) is 11.2. The van der Waals surface area contributed by atoms with Gasteiger partial charge in [0.2, 0.25) is 6.79 Å². The van der Waals surface area contributed by atoms with Gasteiger partial charge in [-0.1, -0.05) is 48.6 Å². The summed E-state index contributed by atoms with van der Waals surface area (Å²) in [5, 5.41) is 2.14. The molecule has 1 saturated carbocycles. The predicted octanol–water partition coefficient (Wildman–Crippen LogP) is 4.32. The maximum absolute atomic E-state index is 12.5. The third-order valence-electron chi connectivity index (χ3n) is 5.30. The van der Waals surface area contributed by atoms with E-state index in [-0.39, 0.29) is 18.2 Å². The van der Waals surface area contributed by atoms with E-state index in [1.54, 1.807) is 0 Å². The number of allylic oxidation sites excluding steroid dienone is 2. The minimum Gasteiger partial charge on any atom is -0.457 e. The van der Waals surface area contributed by atoms with Crippen LogP contribution in [0.25, 0.3) is 10.8 Å². The Morgan fingerprint density at radius 2 is 2.00 bits per heavy atom. The Balaban J connectivity index is 1.42. The van der Waals surface area contributed by atoms with Gasteiger partial charge >= 0.3 is 5.97 Å². The monoisotopic (exact) mass is 308 g/mol. The molecule has 3 heteroatoms. The van der Waals surface area contributed by atoms with Crippen molar-refractivity contribution >= 4 is 16.7 Å². The largest absolute Gasteiger partial charge is 0.457 e. The molecule has 4 rings (SSSR count). The first-order valence-corrected chi connectivity index (χ1v) is 8.13. The number of hydrogen-bond acceptors (Lipinski definition) is 3. The number of carbonyl (C=O) groups excluding carboxylic acids is 1. The van der Waals surface area contributed by atoms with E-state index < -0.39 is 0 Å². The summed E-state index contributed by atoms with van der Waals surface area (Å²) in [5.41, 5.74) is -0.387. The van der Waals surface area contributed by atoms with E-state index in [1.165, 1.54) is 0 Å². The third-order valence-corrected chi connectivity index (χ3v) is 5.30. The van der Waals surface area contributed by atoms with Crippen LogP contribution < -0.4 is 4.74 Å². The van der Waals surface area contributed by atoms with Gasteiger partial charge in [-0.15, -0.1) is 0 Å². The SMILES string of the molecule is CC1(C(=O)OCOc2cccc3ccccc23)CC2C=CC1C2. The fourth-order valence-electron chi connectivity index (χ4n) is 3.96. The summed E-state index contributed by atoms with van der Waals surface area (Å²) >= 11 is 0. The summed E-state index contributed by atoms with van der Waals surface area (Å²) in [6, 6.07) is 13.9. The van der Waals surface area contributed by atoms with E-state index in [1.807, 2.05) is 49.4 Å². The van der Waals surface area contributed by atoms with Crippen LogP contribution in [0, 0.1) is 17.3 Å². The van der Waals surface area contributed by atoms with Crippen LogP contribution in [0.1, 0.15) is 19.8 Å². The molecule has 2 aromatic carbocycles. The molecule has 0 heterocycles. The highest BCUT2D eigenvalue weighted by Gasteiger charge is 2.51. The average molecular weight is 308 g/mol. The van der Waals surface area contributed by atoms with Gasteiger partial charge in [-0.3, -0.25) is 4.79 Å². The number of carbonyl (C=O) groups is 1. The first-order valence-electron chi connectivity index (χ1n) is 8.13. The van der Waals surface area contributed by atoms with Gasteiger partial charge in [0.25, 0.3) is 0 Å². The highest BCUT2D eigenvalue weighted by atomic mass is 16.7. The summed E-state index contributed by atoms with van der Waals surface area (Å²) < 4.78 is 11.2. The summed E-state index contributed by atoms with van der Waals surface area (Å²) in [6.07, 6.45) is 6.37. The Morgan fingerprint density at radius 3 is 2.78 bits per heavy atom. The van der Waals surface area contributed by atoms with Crippen LogP contribution in [0.5, 0.6) is 5.75 Å². The predicted molar refractivity (Wildman–Crippen MR) is 89.0 cm³/mol. The highest BCUT2D eigenvalue weighted by molar-refractivity contribution is 5.88. The van der Waals surface area contributed by atoms with Crippen LogP contribution in [-0.2, 0) is 9.53 Å². The molecule has 2 aliphatic rings. The van der Waals surface area contributed by atoms with Crippen molar-refractivity contribution in [1.29, 1.82) is 0 Å². The van der Waals surface area contributed by atoms with Crippen molar-refractivity contribution in [2.24, 2.45) is 17.3 Å². The summed E-state index contributed by atoms with van der Waals surface area (Å²) in [6.45, 7) is 1.98. The lowest BCUT2D eigenvalue weighted by Crippen LogP contribution is -2.34. The molecule has 118 valence electrons. The maximum Gasteiger partial charge on any atom is 0.315 e. The second kappa shape index (κ2) is 5.41. The fourth-order valence-corrected chi connectivity index (χ4v) is 3.96. The molecule has 0 N–H and O–H groups in total. The second-order valence-corrected chi connectivity index (χ2v) is 6.78. The zero-order chi connectivity index (χ0) is 15.9. The van der Waals surface area contributed by atoms with Crippen molar-refractivity contribution in [3.05, 3.63) is 54.6 Å². The van der Waals surface area contributed by atoms with Crippen LogP contribution in [0.2, 0.25) is 0 Å². The standard InChI is InChI=1S/C20H20O3/c1-20(12-14-9-10-16(20)11-14)19(21)23-13-22-18-8-4-6-15-5-2-3-7-17(15)18/h2-10,14,16H,11-13H2,1H3. The number of benzene rings is 2. The minimum absolute atomic E-state index is 0.0382. The molecule has 2 aromatic rings. The minimum atomic E-state index is -0.387. The van der Waals surface area contributed by atoms with Gasteiger partial charge in [-0.05, 0) is 43.1 Å². The van der Waals surface area contributed by atoms with Crippen LogP contribution in [0.3, 0.4) is 0 Å². The van der Waals surface area contributed by atoms with Crippen LogP contribution >= 0.6 is 0 Å². The van der Waals surface area contributed by atoms with Crippen molar-refractivity contribution in [2.45, 2.75) is 19.8 Å². The number of esters is 1. The number of fused-ring (bicyclic) bond motifs is 3. The van der Waals surface area contributed by atoms with Crippen molar-refractivity contribution in [1.82, 2.24) is 0 Å². The van der Waals surface area contributed by atoms with Gasteiger partial charge in [0.1, 0.15) is 5.75 Å². The van der Waals surface area contributed by atoms with Gasteiger partial charge in [0.15, 0.2) is 0 Å². The molecule has 0 aliphatic heterocycles. The van der Waals surface area contributed by atoms with Gasteiger partial charge < -0.3 is 9.47 Å².